The van der Waals surface area contributed by atoms with Gasteiger partial charge in [0, 0.05) is 26.2 Å². The van der Waals surface area contributed by atoms with Crippen LogP contribution in [0.5, 0.6) is 0 Å². The smallest absolute Gasteiger partial charge is 0.269 e. The molecule has 0 spiro atoms. The summed E-state index contributed by atoms with van der Waals surface area (Å²) in [5.74, 6) is -0.148. The maximum absolute atomic E-state index is 12.0. The average Bonchev–Trinajstić information content (AvgIpc) is 2.98. The van der Waals surface area contributed by atoms with Crippen LogP contribution < -0.4 is 10.6 Å². The van der Waals surface area contributed by atoms with Crippen molar-refractivity contribution in [2.24, 2.45) is 0 Å². The fourth-order valence-corrected chi connectivity index (χ4v) is 2.16. The first-order chi connectivity index (χ1) is 10.1. The van der Waals surface area contributed by atoms with Crippen molar-refractivity contribution in [3.8, 4) is 0 Å². The fraction of sp³-hybridized carbons (Fsp3) is 0.600. The van der Waals surface area contributed by atoms with Crippen LogP contribution in [0, 0.1) is 0 Å². The largest absolute Gasteiger partial charge is 0.383 e. The Morgan fingerprint density at radius 3 is 2.95 bits per heavy atom. The molecule has 1 unspecified atom stereocenters. The predicted molar refractivity (Wildman–Crippen MR) is 82.6 cm³/mol. The molecule has 0 bridgehead atoms. The minimum atomic E-state index is -0.148. The second-order valence-electron chi connectivity index (χ2n) is 5.51. The molecule has 0 aromatic carbocycles. The third kappa shape index (κ3) is 5.32. The fourth-order valence-electron chi connectivity index (χ4n) is 2.16. The first-order valence-corrected chi connectivity index (χ1v) is 7.39. The highest BCUT2D eigenvalue weighted by atomic mass is 16.5. The van der Waals surface area contributed by atoms with Crippen LogP contribution in [-0.4, -0.2) is 62.2 Å². The van der Waals surface area contributed by atoms with Gasteiger partial charge >= 0.3 is 0 Å². The molecular formula is C15H24N4O2. The number of hydrogen-bond donors (Lipinski definition) is 2. The number of pyridine rings is 1. The van der Waals surface area contributed by atoms with Gasteiger partial charge in [-0.1, -0.05) is 0 Å². The van der Waals surface area contributed by atoms with Gasteiger partial charge in [0.15, 0.2) is 0 Å². The summed E-state index contributed by atoms with van der Waals surface area (Å²) in [6, 6.07) is 3.62. The van der Waals surface area contributed by atoms with Crippen LogP contribution in [0.1, 0.15) is 23.3 Å². The molecule has 1 aromatic rings. The molecule has 1 saturated heterocycles. The van der Waals surface area contributed by atoms with E-state index in [4.69, 9.17) is 4.74 Å². The van der Waals surface area contributed by atoms with Crippen molar-refractivity contribution < 1.29 is 9.53 Å². The van der Waals surface area contributed by atoms with E-state index in [0.29, 0.717) is 12.2 Å². The van der Waals surface area contributed by atoms with Gasteiger partial charge in [0.2, 0.25) is 0 Å². The molecule has 116 valence electrons. The number of carbonyl (C=O) groups is 1. The molecule has 0 radical (unpaired) electrons. The molecule has 1 aliphatic heterocycles. The van der Waals surface area contributed by atoms with Gasteiger partial charge in [0.25, 0.3) is 5.91 Å². The van der Waals surface area contributed by atoms with E-state index in [-0.39, 0.29) is 12.0 Å². The van der Waals surface area contributed by atoms with Crippen LogP contribution in [0.25, 0.3) is 0 Å². The Labute approximate surface area is 125 Å². The number of amides is 1. The van der Waals surface area contributed by atoms with E-state index in [2.05, 4.69) is 20.5 Å². The van der Waals surface area contributed by atoms with Crippen LogP contribution >= 0.6 is 0 Å². The van der Waals surface area contributed by atoms with Gasteiger partial charge in [0.05, 0.1) is 18.0 Å². The van der Waals surface area contributed by atoms with Crippen LogP contribution in [0.2, 0.25) is 0 Å². The van der Waals surface area contributed by atoms with Crippen LogP contribution in [0.3, 0.4) is 0 Å². The van der Waals surface area contributed by atoms with Crippen molar-refractivity contribution in [2.75, 3.05) is 45.7 Å². The molecule has 1 amide bonds. The lowest BCUT2D eigenvalue weighted by atomic mass is 10.2. The second kappa shape index (κ2) is 7.95. The molecule has 0 saturated carbocycles. The number of hydrogen-bond acceptors (Lipinski definition) is 5. The third-order valence-corrected chi connectivity index (χ3v) is 3.40. The SMILES string of the molecule is CN(C)CCNc1ccc(C(=O)NCC2CCCO2)nc1. The molecule has 6 heteroatoms. The van der Waals surface area contributed by atoms with E-state index in [1.165, 1.54) is 0 Å². The number of anilines is 1. The van der Waals surface area contributed by atoms with Gasteiger partial charge in [-0.15, -0.1) is 0 Å². The van der Waals surface area contributed by atoms with E-state index < -0.39 is 0 Å². The van der Waals surface area contributed by atoms with Crippen LogP contribution in [0.15, 0.2) is 18.3 Å². The minimum Gasteiger partial charge on any atom is -0.383 e. The van der Waals surface area contributed by atoms with Gasteiger partial charge < -0.3 is 20.3 Å². The number of carbonyl (C=O) groups excluding carboxylic acids is 1. The lowest BCUT2D eigenvalue weighted by Crippen LogP contribution is -2.32. The summed E-state index contributed by atoms with van der Waals surface area (Å²) in [6.45, 7) is 3.15. The van der Waals surface area contributed by atoms with Crippen molar-refractivity contribution in [1.82, 2.24) is 15.2 Å². The summed E-state index contributed by atoms with van der Waals surface area (Å²) in [5, 5.41) is 6.13. The Morgan fingerprint density at radius 2 is 2.33 bits per heavy atom. The van der Waals surface area contributed by atoms with Crippen molar-refractivity contribution in [3.05, 3.63) is 24.0 Å². The standard InChI is InChI=1S/C15H24N4O2/c1-19(2)8-7-16-12-5-6-14(17-10-12)15(20)18-11-13-4-3-9-21-13/h5-6,10,13,16H,3-4,7-9,11H2,1-2H3,(H,18,20). The zero-order valence-corrected chi connectivity index (χ0v) is 12.8. The highest BCUT2D eigenvalue weighted by molar-refractivity contribution is 5.92. The first-order valence-electron chi connectivity index (χ1n) is 7.39. The monoisotopic (exact) mass is 292 g/mol. The maximum Gasteiger partial charge on any atom is 0.269 e. The molecule has 1 aromatic heterocycles. The second-order valence-corrected chi connectivity index (χ2v) is 5.51. The summed E-state index contributed by atoms with van der Waals surface area (Å²) in [4.78, 5) is 18.3. The number of nitrogens with one attached hydrogen (secondary N) is 2. The zero-order chi connectivity index (χ0) is 15.1. The molecule has 1 fully saturated rings. The summed E-state index contributed by atoms with van der Waals surface area (Å²) in [5.41, 5.74) is 1.36. The number of rotatable bonds is 7. The summed E-state index contributed by atoms with van der Waals surface area (Å²) < 4.78 is 5.47. The Kier molecular flexibility index (Phi) is 5.95. The number of ether oxygens (including phenoxy) is 1. The highest BCUT2D eigenvalue weighted by Gasteiger charge is 2.16. The number of likely N-dealkylation sites (N-methyl/N-ethyl adjacent to an activating group) is 1. The van der Waals surface area contributed by atoms with Crippen LogP contribution in [-0.2, 0) is 4.74 Å². The van der Waals surface area contributed by atoms with E-state index in [1.54, 1.807) is 12.3 Å². The van der Waals surface area contributed by atoms with E-state index in [9.17, 15) is 4.79 Å². The van der Waals surface area contributed by atoms with E-state index >= 15 is 0 Å². The quantitative estimate of drug-likeness (QED) is 0.784. The Balaban J connectivity index is 1.76. The molecule has 0 aliphatic carbocycles. The molecule has 1 atom stereocenters. The third-order valence-electron chi connectivity index (χ3n) is 3.40. The summed E-state index contributed by atoms with van der Waals surface area (Å²) in [7, 11) is 4.06. The van der Waals surface area contributed by atoms with Gasteiger partial charge in [-0.25, -0.2) is 4.98 Å². The Hall–Kier alpha value is -1.66. The Morgan fingerprint density at radius 1 is 1.48 bits per heavy atom. The van der Waals surface area contributed by atoms with Gasteiger partial charge in [-0.05, 0) is 39.1 Å². The van der Waals surface area contributed by atoms with E-state index in [0.717, 1.165) is 38.2 Å². The maximum atomic E-state index is 12.0. The lowest BCUT2D eigenvalue weighted by Gasteiger charge is -2.12. The summed E-state index contributed by atoms with van der Waals surface area (Å²) >= 11 is 0. The Bertz CT molecular complexity index is 441. The minimum absolute atomic E-state index is 0.148. The topological polar surface area (TPSA) is 66.5 Å². The van der Waals surface area contributed by atoms with E-state index in [1.807, 2.05) is 20.2 Å². The number of aromatic nitrogens is 1. The van der Waals surface area contributed by atoms with Crippen molar-refractivity contribution in [3.63, 3.8) is 0 Å². The molecule has 1 aliphatic rings. The lowest BCUT2D eigenvalue weighted by molar-refractivity contribution is 0.0854. The zero-order valence-electron chi connectivity index (χ0n) is 12.8. The molecule has 6 nitrogen and oxygen atoms in total. The molecule has 2 heterocycles. The van der Waals surface area contributed by atoms with Crippen molar-refractivity contribution >= 4 is 11.6 Å². The van der Waals surface area contributed by atoms with Gasteiger partial charge in [-0.3, -0.25) is 4.79 Å². The van der Waals surface area contributed by atoms with Crippen molar-refractivity contribution in [2.45, 2.75) is 18.9 Å². The molecular weight excluding hydrogens is 268 g/mol. The van der Waals surface area contributed by atoms with Crippen LogP contribution in [0.4, 0.5) is 5.69 Å². The number of nitrogens with zero attached hydrogens (tertiary/aromatic N) is 2. The van der Waals surface area contributed by atoms with Gasteiger partial charge in [-0.2, -0.15) is 0 Å². The summed E-state index contributed by atoms with van der Waals surface area (Å²) in [6.07, 6.45) is 3.94. The molecule has 21 heavy (non-hydrogen) atoms. The normalized spacial score (nSPS) is 18.0. The molecule has 2 rings (SSSR count). The highest BCUT2D eigenvalue weighted by Crippen LogP contribution is 2.11. The van der Waals surface area contributed by atoms with Gasteiger partial charge in [0.1, 0.15) is 5.69 Å². The predicted octanol–water partition coefficient (Wildman–Crippen LogP) is 0.964. The van der Waals surface area contributed by atoms with Crippen molar-refractivity contribution in [1.29, 1.82) is 0 Å². The average molecular weight is 292 g/mol. The first kappa shape index (κ1) is 15.7. The molecule has 2 N–H and O–H groups in total.